The summed E-state index contributed by atoms with van der Waals surface area (Å²) in [7, 11) is 0. The molecule has 0 saturated heterocycles. The highest BCUT2D eigenvalue weighted by molar-refractivity contribution is 6.31. The molecule has 108 valence electrons. The third-order valence-electron chi connectivity index (χ3n) is 4.35. The van der Waals surface area contributed by atoms with E-state index in [2.05, 4.69) is 10.6 Å². The lowest BCUT2D eigenvalue weighted by Gasteiger charge is -2.24. The number of hydrogen-bond acceptors (Lipinski definition) is 2. The Labute approximate surface area is 125 Å². The molecule has 1 atom stereocenters. The van der Waals surface area contributed by atoms with Crippen LogP contribution in [0.1, 0.15) is 56.6 Å². The van der Waals surface area contributed by atoms with E-state index in [-0.39, 0.29) is 11.9 Å². The number of anilines is 1. The third kappa shape index (κ3) is 2.99. The van der Waals surface area contributed by atoms with Crippen molar-refractivity contribution in [2.45, 2.75) is 57.0 Å². The van der Waals surface area contributed by atoms with Crippen LogP contribution in [0.3, 0.4) is 0 Å². The fourth-order valence-corrected chi connectivity index (χ4v) is 3.44. The minimum Gasteiger partial charge on any atom is -0.324 e. The number of nitrogens with one attached hydrogen (secondary N) is 2. The number of benzene rings is 1. The molecule has 2 N–H and O–H groups in total. The van der Waals surface area contributed by atoms with E-state index in [4.69, 9.17) is 11.6 Å². The Kier molecular flexibility index (Phi) is 4.27. The number of halogens is 1. The standard InChI is InChI=1S/C16H21ClN2O/c17-11-8-9-14-13(10-11)15(16(20)19-14)18-12-6-4-2-1-3-5-7-12/h8-10,12,15,18H,1-7H2,(H,19,20). The Morgan fingerprint density at radius 1 is 1.10 bits per heavy atom. The van der Waals surface area contributed by atoms with E-state index in [0.29, 0.717) is 11.1 Å². The van der Waals surface area contributed by atoms with Crippen molar-refractivity contribution in [3.05, 3.63) is 28.8 Å². The maximum Gasteiger partial charge on any atom is 0.246 e. The monoisotopic (exact) mass is 292 g/mol. The summed E-state index contributed by atoms with van der Waals surface area (Å²) in [6, 6.07) is 5.80. The van der Waals surface area contributed by atoms with Crippen LogP contribution in [0.2, 0.25) is 5.02 Å². The fraction of sp³-hybridized carbons (Fsp3) is 0.562. The molecular formula is C16H21ClN2O. The highest BCUT2D eigenvalue weighted by atomic mass is 35.5. The summed E-state index contributed by atoms with van der Waals surface area (Å²) in [5.74, 6) is 0.0457. The van der Waals surface area contributed by atoms with Gasteiger partial charge in [0, 0.05) is 22.3 Å². The number of hydrogen-bond donors (Lipinski definition) is 2. The van der Waals surface area contributed by atoms with Gasteiger partial charge in [-0.15, -0.1) is 0 Å². The van der Waals surface area contributed by atoms with Gasteiger partial charge < -0.3 is 5.32 Å². The van der Waals surface area contributed by atoms with Crippen LogP contribution >= 0.6 is 11.6 Å². The lowest BCUT2D eigenvalue weighted by atomic mass is 9.95. The highest BCUT2D eigenvalue weighted by Gasteiger charge is 2.32. The lowest BCUT2D eigenvalue weighted by molar-refractivity contribution is -0.117. The molecule has 1 aliphatic carbocycles. The van der Waals surface area contributed by atoms with Crippen LogP contribution in [0.15, 0.2) is 18.2 Å². The molecule has 0 radical (unpaired) electrons. The van der Waals surface area contributed by atoms with E-state index < -0.39 is 0 Å². The fourth-order valence-electron chi connectivity index (χ4n) is 3.26. The predicted octanol–water partition coefficient (Wildman–Crippen LogP) is 4.04. The molecule has 4 heteroatoms. The van der Waals surface area contributed by atoms with Crippen molar-refractivity contribution in [1.82, 2.24) is 5.32 Å². The summed E-state index contributed by atoms with van der Waals surface area (Å²) < 4.78 is 0. The molecule has 0 spiro atoms. The first-order chi connectivity index (χ1) is 9.74. The van der Waals surface area contributed by atoms with Crippen LogP contribution in [0.25, 0.3) is 0 Å². The van der Waals surface area contributed by atoms with Gasteiger partial charge in [-0.05, 0) is 31.0 Å². The molecule has 1 fully saturated rings. The average Bonchev–Trinajstić information content (AvgIpc) is 2.68. The summed E-state index contributed by atoms with van der Waals surface area (Å²) in [4.78, 5) is 12.2. The number of amides is 1. The molecule has 3 rings (SSSR count). The Hall–Kier alpha value is -1.06. The third-order valence-corrected chi connectivity index (χ3v) is 4.59. The van der Waals surface area contributed by atoms with E-state index >= 15 is 0 Å². The van der Waals surface area contributed by atoms with Gasteiger partial charge in [0.15, 0.2) is 0 Å². The van der Waals surface area contributed by atoms with Gasteiger partial charge in [0.2, 0.25) is 5.91 Å². The van der Waals surface area contributed by atoms with E-state index in [9.17, 15) is 4.79 Å². The van der Waals surface area contributed by atoms with Crippen molar-refractivity contribution >= 4 is 23.2 Å². The van der Waals surface area contributed by atoms with E-state index in [1.165, 1.54) is 44.9 Å². The molecule has 1 aromatic carbocycles. The van der Waals surface area contributed by atoms with Crippen molar-refractivity contribution < 1.29 is 4.79 Å². The van der Waals surface area contributed by atoms with Gasteiger partial charge in [0.1, 0.15) is 6.04 Å². The maximum atomic E-state index is 12.2. The van der Waals surface area contributed by atoms with Crippen molar-refractivity contribution in [2.75, 3.05) is 5.32 Å². The number of carbonyl (C=O) groups excluding carboxylic acids is 1. The topological polar surface area (TPSA) is 41.1 Å². The number of carbonyl (C=O) groups is 1. The molecule has 1 aliphatic heterocycles. The Morgan fingerprint density at radius 2 is 1.80 bits per heavy atom. The molecule has 1 unspecified atom stereocenters. The number of rotatable bonds is 2. The van der Waals surface area contributed by atoms with E-state index in [1.54, 1.807) is 0 Å². The second-order valence-electron chi connectivity index (χ2n) is 5.86. The Morgan fingerprint density at radius 3 is 2.55 bits per heavy atom. The van der Waals surface area contributed by atoms with Gasteiger partial charge in [-0.25, -0.2) is 0 Å². The van der Waals surface area contributed by atoms with Crippen molar-refractivity contribution in [3.8, 4) is 0 Å². The summed E-state index contributed by atoms with van der Waals surface area (Å²) >= 11 is 6.06. The van der Waals surface area contributed by atoms with Gasteiger partial charge in [-0.2, -0.15) is 0 Å². The molecule has 0 aromatic heterocycles. The van der Waals surface area contributed by atoms with Gasteiger partial charge in [0.05, 0.1) is 0 Å². The molecular weight excluding hydrogens is 272 g/mol. The van der Waals surface area contributed by atoms with Crippen molar-refractivity contribution in [3.63, 3.8) is 0 Å². The quantitative estimate of drug-likeness (QED) is 0.864. The van der Waals surface area contributed by atoms with Gasteiger partial charge in [-0.3, -0.25) is 10.1 Å². The molecule has 20 heavy (non-hydrogen) atoms. The Balaban J connectivity index is 1.73. The van der Waals surface area contributed by atoms with Crippen LogP contribution in [-0.4, -0.2) is 11.9 Å². The van der Waals surface area contributed by atoms with Gasteiger partial charge >= 0.3 is 0 Å². The van der Waals surface area contributed by atoms with Gasteiger partial charge in [0.25, 0.3) is 0 Å². The molecule has 1 heterocycles. The molecule has 1 amide bonds. The SMILES string of the molecule is O=C1Nc2ccc(Cl)cc2C1NC1CCCCCCC1. The van der Waals surface area contributed by atoms with E-state index in [1.807, 2.05) is 18.2 Å². The average molecular weight is 293 g/mol. The minimum atomic E-state index is -0.242. The molecule has 3 nitrogen and oxygen atoms in total. The molecule has 2 aliphatic rings. The van der Waals surface area contributed by atoms with Crippen LogP contribution in [-0.2, 0) is 4.79 Å². The number of fused-ring (bicyclic) bond motifs is 1. The summed E-state index contributed by atoms with van der Waals surface area (Å²) in [6.45, 7) is 0. The first-order valence-electron chi connectivity index (χ1n) is 7.60. The molecule has 1 aromatic rings. The lowest BCUT2D eigenvalue weighted by Crippen LogP contribution is -2.36. The summed E-state index contributed by atoms with van der Waals surface area (Å²) in [6.07, 6.45) is 8.84. The molecule has 0 bridgehead atoms. The van der Waals surface area contributed by atoms with Crippen LogP contribution in [0.4, 0.5) is 5.69 Å². The van der Waals surface area contributed by atoms with Crippen LogP contribution < -0.4 is 10.6 Å². The first-order valence-corrected chi connectivity index (χ1v) is 7.98. The van der Waals surface area contributed by atoms with Crippen LogP contribution in [0.5, 0.6) is 0 Å². The van der Waals surface area contributed by atoms with Gasteiger partial charge in [-0.1, -0.05) is 43.7 Å². The summed E-state index contributed by atoms with van der Waals surface area (Å²) in [5.41, 5.74) is 1.88. The minimum absolute atomic E-state index is 0.0457. The highest BCUT2D eigenvalue weighted by Crippen LogP contribution is 2.34. The predicted molar refractivity (Wildman–Crippen MR) is 82.1 cm³/mol. The van der Waals surface area contributed by atoms with Crippen molar-refractivity contribution in [1.29, 1.82) is 0 Å². The molecule has 1 saturated carbocycles. The maximum absolute atomic E-state index is 12.2. The smallest absolute Gasteiger partial charge is 0.246 e. The zero-order valence-electron chi connectivity index (χ0n) is 11.6. The van der Waals surface area contributed by atoms with Crippen LogP contribution in [0, 0.1) is 0 Å². The zero-order chi connectivity index (χ0) is 13.9. The summed E-state index contributed by atoms with van der Waals surface area (Å²) in [5, 5.41) is 7.17. The van der Waals surface area contributed by atoms with Crippen molar-refractivity contribution in [2.24, 2.45) is 0 Å². The largest absolute Gasteiger partial charge is 0.324 e. The second kappa shape index (κ2) is 6.15. The van der Waals surface area contributed by atoms with E-state index in [0.717, 1.165) is 11.3 Å². The normalized spacial score (nSPS) is 23.9. The second-order valence-corrected chi connectivity index (χ2v) is 6.30. The Bertz CT molecular complexity index is 495. The zero-order valence-corrected chi connectivity index (χ0v) is 12.4. The first kappa shape index (κ1) is 13.9.